The molecule has 2 aromatic carbocycles. The third-order valence-corrected chi connectivity index (χ3v) is 6.76. The van der Waals surface area contributed by atoms with Crippen LogP contribution in [0.15, 0.2) is 71.1 Å². The third-order valence-electron chi connectivity index (χ3n) is 5.51. The molecule has 4 rings (SSSR count). The van der Waals surface area contributed by atoms with Gasteiger partial charge in [-0.3, -0.25) is 9.59 Å². The Balaban J connectivity index is 1.61. The monoisotopic (exact) mass is 499 g/mol. The van der Waals surface area contributed by atoms with E-state index in [1.54, 1.807) is 36.4 Å². The van der Waals surface area contributed by atoms with Gasteiger partial charge in [-0.1, -0.05) is 41.9 Å². The van der Waals surface area contributed by atoms with Crippen molar-refractivity contribution in [3.05, 3.63) is 92.9 Å². The molecule has 0 saturated carbocycles. The summed E-state index contributed by atoms with van der Waals surface area (Å²) in [5.74, 6) is -1.07. The number of benzene rings is 2. The van der Waals surface area contributed by atoms with Gasteiger partial charge in [-0.05, 0) is 41.3 Å². The van der Waals surface area contributed by atoms with Crippen LogP contribution >= 0.6 is 22.9 Å². The first-order valence-electron chi connectivity index (χ1n) is 10.7. The number of hydrogen-bond acceptors (Lipinski definition) is 5. The number of ether oxygens (including phenoxy) is 1. The van der Waals surface area contributed by atoms with Crippen molar-refractivity contribution in [2.24, 2.45) is 5.10 Å². The molecule has 2 heterocycles. The lowest BCUT2D eigenvalue weighted by molar-refractivity contribution is -0.133. The third kappa shape index (κ3) is 5.35. The van der Waals surface area contributed by atoms with Gasteiger partial charge in [-0.25, -0.2) is 9.40 Å². The molecule has 176 valence electrons. The molecule has 34 heavy (non-hydrogen) atoms. The fraction of sp³-hybridized carbons (Fsp3) is 0.240. The number of carbonyl (C=O) groups excluding carboxylic acids is 2. The molecule has 1 aliphatic rings. The summed E-state index contributed by atoms with van der Waals surface area (Å²) in [6.45, 7) is 0.268. The minimum atomic E-state index is -0.398. The molecule has 9 heteroatoms. The van der Waals surface area contributed by atoms with Crippen molar-refractivity contribution in [3.8, 4) is 0 Å². The van der Waals surface area contributed by atoms with Gasteiger partial charge < -0.3 is 9.64 Å². The second-order valence-corrected chi connectivity index (χ2v) is 9.09. The lowest BCUT2D eigenvalue weighted by atomic mass is 10.0. The Morgan fingerprint density at radius 3 is 2.62 bits per heavy atom. The van der Waals surface area contributed by atoms with Crippen LogP contribution in [0.2, 0.25) is 5.02 Å². The second kappa shape index (κ2) is 10.9. The van der Waals surface area contributed by atoms with Crippen LogP contribution in [0.3, 0.4) is 0 Å². The average Bonchev–Trinajstić information content (AvgIpc) is 3.52. The molecule has 0 bridgehead atoms. The number of hydrogen-bond donors (Lipinski definition) is 0. The van der Waals surface area contributed by atoms with Crippen molar-refractivity contribution in [1.82, 2.24) is 9.91 Å². The van der Waals surface area contributed by atoms with Crippen molar-refractivity contribution in [2.45, 2.75) is 12.5 Å². The fourth-order valence-corrected chi connectivity index (χ4v) is 4.71. The molecule has 0 aliphatic carbocycles. The van der Waals surface area contributed by atoms with Crippen molar-refractivity contribution < 1.29 is 18.7 Å². The van der Waals surface area contributed by atoms with Crippen molar-refractivity contribution in [2.75, 3.05) is 26.8 Å². The van der Waals surface area contributed by atoms with Gasteiger partial charge in [0.05, 0.1) is 33.8 Å². The molecule has 0 radical (unpaired) electrons. The van der Waals surface area contributed by atoms with Crippen LogP contribution in [0.1, 0.15) is 33.3 Å². The minimum absolute atomic E-state index is 0.202. The van der Waals surface area contributed by atoms with E-state index in [9.17, 15) is 14.0 Å². The van der Waals surface area contributed by atoms with E-state index in [4.69, 9.17) is 16.3 Å². The Morgan fingerprint density at radius 2 is 1.94 bits per heavy atom. The van der Waals surface area contributed by atoms with Crippen LogP contribution in [0, 0.1) is 5.82 Å². The molecular weight excluding hydrogens is 477 g/mol. The predicted molar refractivity (Wildman–Crippen MR) is 131 cm³/mol. The van der Waals surface area contributed by atoms with Gasteiger partial charge >= 0.3 is 0 Å². The van der Waals surface area contributed by atoms with E-state index < -0.39 is 6.04 Å². The number of hydrazone groups is 1. The predicted octanol–water partition coefficient (Wildman–Crippen LogP) is 5.01. The fourth-order valence-electron chi connectivity index (χ4n) is 3.77. The Labute approximate surface area is 206 Å². The maximum absolute atomic E-state index is 13.5. The van der Waals surface area contributed by atoms with Crippen LogP contribution in [-0.2, 0) is 9.53 Å². The number of halogens is 2. The highest BCUT2D eigenvalue weighted by molar-refractivity contribution is 7.12. The summed E-state index contributed by atoms with van der Waals surface area (Å²) < 4.78 is 18.7. The normalized spacial score (nSPS) is 15.3. The number of carbonyl (C=O) groups is 2. The SMILES string of the molecule is COCCN(CC(=O)N1N=C(c2cccs2)C[C@H]1c1ccc(F)cc1)C(=O)c1ccccc1Cl. The molecule has 2 amide bonds. The summed E-state index contributed by atoms with van der Waals surface area (Å²) in [7, 11) is 1.53. The number of methoxy groups -OCH3 is 1. The molecule has 0 N–H and O–H groups in total. The molecule has 0 saturated heterocycles. The topological polar surface area (TPSA) is 62.2 Å². The van der Waals surface area contributed by atoms with Gasteiger partial charge in [0, 0.05) is 20.1 Å². The molecule has 3 aromatic rings. The van der Waals surface area contributed by atoms with Crippen molar-refractivity contribution in [1.29, 1.82) is 0 Å². The molecule has 0 unspecified atom stereocenters. The maximum atomic E-state index is 13.5. The molecule has 1 atom stereocenters. The quantitative estimate of drug-likeness (QED) is 0.438. The lowest BCUT2D eigenvalue weighted by Crippen LogP contribution is -2.42. The van der Waals surface area contributed by atoms with Gasteiger partial charge in [0.25, 0.3) is 11.8 Å². The van der Waals surface area contributed by atoms with Gasteiger partial charge in [0.1, 0.15) is 12.4 Å². The van der Waals surface area contributed by atoms with Crippen LogP contribution in [0.25, 0.3) is 0 Å². The van der Waals surface area contributed by atoms with E-state index in [-0.39, 0.29) is 37.3 Å². The van der Waals surface area contributed by atoms with Crippen LogP contribution < -0.4 is 0 Å². The zero-order valence-corrected chi connectivity index (χ0v) is 20.1. The molecule has 1 aliphatic heterocycles. The average molecular weight is 500 g/mol. The molecule has 1 aromatic heterocycles. The molecule has 0 spiro atoms. The smallest absolute Gasteiger partial charge is 0.262 e. The summed E-state index contributed by atoms with van der Waals surface area (Å²) in [6, 6.07) is 16.2. The summed E-state index contributed by atoms with van der Waals surface area (Å²) in [5, 5.41) is 8.28. The van der Waals surface area contributed by atoms with Gasteiger partial charge in [-0.15, -0.1) is 11.3 Å². The summed E-state index contributed by atoms with van der Waals surface area (Å²) >= 11 is 7.77. The van der Waals surface area contributed by atoms with Crippen molar-refractivity contribution in [3.63, 3.8) is 0 Å². The van der Waals surface area contributed by atoms with Crippen LogP contribution in [0.5, 0.6) is 0 Å². The Hall–Kier alpha value is -3.07. The Bertz CT molecular complexity index is 1180. The van der Waals surface area contributed by atoms with E-state index in [1.165, 1.54) is 40.5 Å². The standard InChI is InChI=1S/C25H23ClFN3O3S/c1-33-13-12-29(25(32)19-5-2-3-6-20(19)26)16-24(31)30-22(17-8-10-18(27)11-9-17)15-21(28-30)23-7-4-14-34-23/h2-11,14,22H,12-13,15-16H2,1H3/t22-/m0/s1. The van der Waals surface area contributed by atoms with Gasteiger partial charge in [0.15, 0.2) is 0 Å². The first kappa shape index (κ1) is 24.1. The summed E-state index contributed by atoms with van der Waals surface area (Å²) in [6.07, 6.45) is 0.494. The van der Waals surface area contributed by atoms with Crippen LogP contribution in [0.4, 0.5) is 4.39 Å². The zero-order valence-electron chi connectivity index (χ0n) is 18.5. The van der Waals surface area contributed by atoms with Crippen molar-refractivity contribution >= 4 is 40.5 Å². The van der Waals surface area contributed by atoms with E-state index in [0.29, 0.717) is 17.0 Å². The van der Waals surface area contributed by atoms with Crippen LogP contribution in [-0.4, -0.2) is 54.2 Å². The van der Waals surface area contributed by atoms with E-state index in [0.717, 1.165) is 16.2 Å². The lowest BCUT2D eigenvalue weighted by Gasteiger charge is -2.27. The largest absolute Gasteiger partial charge is 0.383 e. The highest BCUT2D eigenvalue weighted by Crippen LogP contribution is 2.34. The van der Waals surface area contributed by atoms with E-state index in [1.807, 2.05) is 17.5 Å². The Morgan fingerprint density at radius 1 is 1.18 bits per heavy atom. The molecule has 6 nitrogen and oxygen atoms in total. The number of amides is 2. The zero-order chi connectivity index (χ0) is 24.1. The maximum Gasteiger partial charge on any atom is 0.262 e. The summed E-state index contributed by atoms with van der Waals surface area (Å²) in [5.41, 5.74) is 1.86. The van der Waals surface area contributed by atoms with Gasteiger partial charge in [-0.2, -0.15) is 5.10 Å². The first-order valence-corrected chi connectivity index (χ1v) is 12.0. The number of nitrogens with zero attached hydrogens (tertiary/aromatic N) is 3. The Kier molecular flexibility index (Phi) is 7.72. The highest BCUT2D eigenvalue weighted by Gasteiger charge is 2.35. The van der Waals surface area contributed by atoms with E-state index >= 15 is 0 Å². The highest BCUT2D eigenvalue weighted by atomic mass is 35.5. The van der Waals surface area contributed by atoms with E-state index in [2.05, 4.69) is 5.10 Å². The first-order chi connectivity index (χ1) is 16.5. The molecular formula is C25H23ClFN3O3S. The van der Waals surface area contributed by atoms with Gasteiger partial charge in [0.2, 0.25) is 0 Å². The number of rotatable bonds is 8. The minimum Gasteiger partial charge on any atom is -0.383 e. The number of thiophene rings is 1. The molecule has 0 fully saturated rings. The second-order valence-electron chi connectivity index (χ2n) is 7.73. The summed E-state index contributed by atoms with van der Waals surface area (Å²) in [4.78, 5) is 29.1.